The van der Waals surface area contributed by atoms with E-state index in [-0.39, 0.29) is 0 Å². The van der Waals surface area contributed by atoms with Crippen LogP contribution in [0.4, 0.5) is 0 Å². The molecule has 2 aliphatic rings. The molecule has 1 unspecified atom stereocenters. The van der Waals surface area contributed by atoms with Crippen molar-refractivity contribution >= 4 is 44.2 Å². The quantitative estimate of drug-likeness (QED) is 0.923. The molecule has 1 atom stereocenters. The molecule has 1 fully saturated rings. The van der Waals surface area contributed by atoms with E-state index in [4.69, 9.17) is 0 Å². The standard InChI is InChI=1S/C11H13BrN2S2/c12-10-4-3-8(15-10)5-13-11-14-6-9(16-11)7-1-2-7/h3-4,7,9H,1-2,5-6H2,(H,13,14). The highest BCUT2D eigenvalue weighted by Gasteiger charge is 2.35. The Morgan fingerprint density at radius 2 is 2.31 bits per heavy atom. The zero-order valence-corrected chi connectivity index (χ0v) is 12.0. The van der Waals surface area contributed by atoms with Gasteiger partial charge in [-0.25, -0.2) is 0 Å². The molecule has 1 aromatic heterocycles. The van der Waals surface area contributed by atoms with Crippen LogP contribution >= 0.6 is 39.0 Å². The normalized spacial score (nSPS) is 24.6. The van der Waals surface area contributed by atoms with E-state index < -0.39 is 0 Å². The zero-order valence-electron chi connectivity index (χ0n) is 8.78. The largest absolute Gasteiger partial charge is 0.360 e. The van der Waals surface area contributed by atoms with Crippen molar-refractivity contribution in [2.75, 3.05) is 6.54 Å². The highest BCUT2D eigenvalue weighted by atomic mass is 79.9. The predicted octanol–water partition coefficient (Wildman–Crippen LogP) is 3.48. The Labute approximate surface area is 112 Å². The van der Waals surface area contributed by atoms with Gasteiger partial charge in [0, 0.05) is 10.1 Å². The monoisotopic (exact) mass is 316 g/mol. The fourth-order valence-electron chi connectivity index (χ4n) is 1.81. The van der Waals surface area contributed by atoms with E-state index in [9.17, 15) is 0 Å². The van der Waals surface area contributed by atoms with Crippen molar-refractivity contribution in [3.63, 3.8) is 0 Å². The first-order valence-corrected chi connectivity index (χ1v) is 7.99. The lowest BCUT2D eigenvalue weighted by atomic mass is 10.3. The van der Waals surface area contributed by atoms with Gasteiger partial charge in [0.25, 0.3) is 0 Å². The molecule has 3 rings (SSSR count). The van der Waals surface area contributed by atoms with Crippen LogP contribution in [0.5, 0.6) is 0 Å². The lowest BCUT2D eigenvalue weighted by Gasteiger charge is -2.06. The molecular formula is C11H13BrN2S2. The summed E-state index contributed by atoms with van der Waals surface area (Å²) in [5.41, 5.74) is 0. The second-order valence-corrected chi connectivity index (χ2v) is 7.97. The topological polar surface area (TPSA) is 24.4 Å². The molecule has 1 N–H and O–H groups in total. The van der Waals surface area contributed by atoms with Gasteiger partial charge < -0.3 is 5.32 Å². The summed E-state index contributed by atoms with van der Waals surface area (Å²) in [6.45, 7) is 1.92. The summed E-state index contributed by atoms with van der Waals surface area (Å²) in [7, 11) is 0. The van der Waals surface area contributed by atoms with Gasteiger partial charge in [0.15, 0.2) is 5.17 Å². The van der Waals surface area contributed by atoms with E-state index >= 15 is 0 Å². The second-order valence-electron chi connectivity index (χ2n) is 4.20. The van der Waals surface area contributed by atoms with Crippen LogP contribution in [-0.4, -0.2) is 17.0 Å². The van der Waals surface area contributed by atoms with Crippen molar-refractivity contribution in [1.29, 1.82) is 0 Å². The number of amidine groups is 1. The highest BCUT2D eigenvalue weighted by Crippen LogP contribution is 2.41. The molecule has 1 saturated carbocycles. The highest BCUT2D eigenvalue weighted by molar-refractivity contribution is 9.11. The Kier molecular flexibility index (Phi) is 3.27. The first-order chi connectivity index (χ1) is 7.81. The molecule has 0 spiro atoms. The van der Waals surface area contributed by atoms with E-state index in [1.165, 1.54) is 21.5 Å². The number of nitrogens with one attached hydrogen (secondary N) is 1. The lowest BCUT2D eigenvalue weighted by Crippen LogP contribution is -2.18. The molecule has 1 aliphatic carbocycles. The fraction of sp³-hybridized carbons (Fsp3) is 0.545. The molecule has 0 amide bonds. The van der Waals surface area contributed by atoms with E-state index in [0.29, 0.717) is 0 Å². The minimum absolute atomic E-state index is 0.762. The van der Waals surface area contributed by atoms with Crippen molar-refractivity contribution in [3.05, 3.63) is 20.8 Å². The van der Waals surface area contributed by atoms with Crippen LogP contribution in [0.15, 0.2) is 20.9 Å². The van der Waals surface area contributed by atoms with Crippen LogP contribution < -0.4 is 5.32 Å². The minimum Gasteiger partial charge on any atom is -0.360 e. The molecule has 5 heteroatoms. The molecule has 86 valence electrons. The average Bonchev–Trinajstić information content (AvgIpc) is 2.87. The molecule has 0 aromatic carbocycles. The summed E-state index contributed by atoms with van der Waals surface area (Å²) in [6.07, 6.45) is 2.83. The van der Waals surface area contributed by atoms with Crippen LogP contribution in [0, 0.1) is 5.92 Å². The number of thioether (sulfide) groups is 1. The van der Waals surface area contributed by atoms with Gasteiger partial charge in [-0.15, -0.1) is 11.3 Å². The third-order valence-corrected chi connectivity index (χ3v) is 5.83. The summed E-state index contributed by atoms with van der Waals surface area (Å²) in [5.74, 6) is 0.948. The zero-order chi connectivity index (χ0) is 11.0. The number of aliphatic imine (C=N–C) groups is 1. The Balaban J connectivity index is 1.49. The number of rotatable bonds is 3. The fourth-order valence-corrected chi connectivity index (χ4v) is 4.44. The third kappa shape index (κ3) is 2.63. The summed E-state index contributed by atoms with van der Waals surface area (Å²) in [6, 6.07) is 4.25. The van der Waals surface area contributed by atoms with E-state index in [1.807, 2.05) is 11.8 Å². The average molecular weight is 317 g/mol. The van der Waals surface area contributed by atoms with Crippen LogP contribution in [0.25, 0.3) is 0 Å². The molecule has 1 aliphatic heterocycles. The van der Waals surface area contributed by atoms with Crippen LogP contribution in [0.1, 0.15) is 17.7 Å². The van der Waals surface area contributed by atoms with Gasteiger partial charge in [-0.3, -0.25) is 4.99 Å². The van der Waals surface area contributed by atoms with Crippen molar-refractivity contribution in [2.24, 2.45) is 10.9 Å². The van der Waals surface area contributed by atoms with Gasteiger partial charge in [-0.1, -0.05) is 11.8 Å². The van der Waals surface area contributed by atoms with Crippen LogP contribution in [0.2, 0.25) is 0 Å². The van der Waals surface area contributed by atoms with Gasteiger partial charge in [-0.05, 0) is 46.8 Å². The summed E-state index contributed by atoms with van der Waals surface area (Å²) < 4.78 is 1.20. The van der Waals surface area contributed by atoms with Gasteiger partial charge >= 0.3 is 0 Å². The summed E-state index contributed by atoms with van der Waals surface area (Å²) >= 11 is 7.20. The molecule has 0 bridgehead atoms. The Morgan fingerprint density at radius 3 is 3.00 bits per heavy atom. The van der Waals surface area contributed by atoms with Crippen LogP contribution in [0.3, 0.4) is 0 Å². The predicted molar refractivity (Wildman–Crippen MR) is 75.3 cm³/mol. The first kappa shape index (κ1) is 11.1. The van der Waals surface area contributed by atoms with E-state index in [0.717, 1.165) is 29.4 Å². The SMILES string of the molecule is Brc1ccc(CNC2=NCC(C3CC3)S2)s1. The number of halogens is 1. The van der Waals surface area contributed by atoms with Gasteiger partial charge in [-0.2, -0.15) is 0 Å². The second kappa shape index (κ2) is 4.70. The number of nitrogens with zero attached hydrogens (tertiary/aromatic N) is 1. The van der Waals surface area contributed by atoms with Crippen molar-refractivity contribution in [1.82, 2.24) is 5.32 Å². The van der Waals surface area contributed by atoms with Gasteiger partial charge in [0.1, 0.15) is 0 Å². The summed E-state index contributed by atoms with van der Waals surface area (Å²) in [5, 5.41) is 5.33. The van der Waals surface area contributed by atoms with Crippen LogP contribution in [-0.2, 0) is 6.54 Å². The first-order valence-electron chi connectivity index (χ1n) is 5.50. The Bertz CT molecular complexity index is 412. The molecule has 16 heavy (non-hydrogen) atoms. The van der Waals surface area contributed by atoms with Gasteiger partial charge in [0.2, 0.25) is 0 Å². The van der Waals surface area contributed by atoms with Crippen molar-refractivity contribution in [3.8, 4) is 0 Å². The molecule has 2 heterocycles. The molecule has 0 saturated heterocycles. The maximum absolute atomic E-state index is 4.56. The van der Waals surface area contributed by atoms with E-state index in [2.05, 4.69) is 38.4 Å². The number of hydrogen-bond acceptors (Lipinski definition) is 4. The van der Waals surface area contributed by atoms with Crippen molar-refractivity contribution < 1.29 is 0 Å². The maximum Gasteiger partial charge on any atom is 0.157 e. The summed E-state index contributed by atoms with van der Waals surface area (Å²) in [4.78, 5) is 5.91. The number of thiophene rings is 1. The molecule has 0 radical (unpaired) electrons. The lowest BCUT2D eigenvalue weighted by molar-refractivity contribution is 0.772. The minimum atomic E-state index is 0.762. The molecular weight excluding hydrogens is 304 g/mol. The van der Waals surface area contributed by atoms with E-state index in [1.54, 1.807) is 11.3 Å². The Hall–Kier alpha value is -0.0000000000000000833. The molecule has 2 nitrogen and oxygen atoms in total. The third-order valence-electron chi connectivity index (χ3n) is 2.87. The maximum atomic E-state index is 4.56. The smallest absolute Gasteiger partial charge is 0.157 e. The number of hydrogen-bond donors (Lipinski definition) is 1. The van der Waals surface area contributed by atoms with Gasteiger partial charge in [0.05, 0.1) is 16.9 Å². The molecule has 1 aromatic rings. The Morgan fingerprint density at radius 1 is 1.44 bits per heavy atom. The van der Waals surface area contributed by atoms with Crippen molar-refractivity contribution in [2.45, 2.75) is 24.6 Å².